The largest absolute Gasteiger partial charge is 0.497 e. The highest BCUT2D eigenvalue weighted by atomic mass is 35.5. The normalized spacial score (nSPS) is 19.2. The number of nitrogens with one attached hydrogen (secondary N) is 3. The molecule has 0 radical (unpaired) electrons. The number of aromatic nitrogens is 2. The SMILES string of the molecule is CCc1cc(Nc2ncc(Cl)c(Nc3ccc(OC)cc3N(C)S(C)(=O)=O)n2)c(OC)cc1N1CCC(N2CCN(CCOC3CCN(c4ccc(C5CCC(=O)NC5=O)cc4)CC3)CC2)CC1. The zero-order valence-electron chi connectivity index (χ0n) is 39.8. The summed E-state index contributed by atoms with van der Waals surface area (Å²) in [6, 6.07) is 18.1. The second kappa shape index (κ2) is 21.9. The van der Waals surface area contributed by atoms with Gasteiger partial charge in [-0.1, -0.05) is 30.7 Å². The van der Waals surface area contributed by atoms with Gasteiger partial charge in [0.2, 0.25) is 27.8 Å². The molecule has 5 heterocycles. The number of hydrogen-bond donors (Lipinski definition) is 3. The molecule has 1 unspecified atom stereocenters. The molecule has 1 aromatic heterocycles. The van der Waals surface area contributed by atoms with Crippen molar-refractivity contribution in [1.82, 2.24) is 25.1 Å². The number of piperidine rings is 3. The Morgan fingerprint density at radius 2 is 1.57 bits per heavy atom. The van der Waals surface area contributed by atoms with Gasteiger partial charge in [0.05, 0.1) is 62.4 Å². The van der Waals surface area contributed by atoms with Gasteiger partial charge in [-0.05, 0) is 80.0 Å². The summed E-state index contributed by atoms with van der Waals surface area (Å²) in [6.45, 7) is 11.9. The zero-order valence-corrected chi connectivity index (χ0v) is 41.4. The van der Waals surface area contributed by atoms with Crippen molar-refractivity contribution >= 4 is 73.6 Å². The van der Waals surface area contributed by atoms with Crippen molar-refractivity contribution in [2.75, 3.05) is 118 Å². The first kappa shape index (κ1) is 49.0. The number of hydrogen-bond acceptors (Lipinski definition) is 15. The average Bonchev–Trinajstić information content (AvgIpc) is 3.35. The first-order valence-electron chi connectivity index (χ1n) is 23.7. The molecule has 2 amide bonds. The minimum absolute atomic E-state index is 0.185. The Kier molecular flexibility index (Phi) is 15.8. The fourth-order valence-electron chi connectivity index (χ4n) is 9.79. The first-order valence-corrected chi connectivity index (χ1v) is 25.9. The number of amides is 2. The fraction of sp³-hybridized carbons (Fsp3) is 0.510. The predicted molar refractivity (Wildman–Crippen MR) is 268 cm³/mol. The fourth-order valence-corrected chi connectivity index (χ4v) is 10.4. The van der Waals surface area contributed by atoms with Crippen LogP contribution in [-0.2, 0) is 30.8 Å². The predicted octanol–water partition coefficient (Wildman–Crippen LogP) is 6.38. The Bertz CT molecular complexity index is 2510. The summed E-state index contributed by atoms with van der Waals surface area (Å²) >= 11 is 6.57. The Morgan fingerprint density at radius 1 is 0.853 bits per heavy atom. The van der Waals surface area contributed by atoms with Crippen LogP contribution < -0.4 is 39.5 Å². The number of sulfonamides is 1. The van der Waals surface area contributed by atoms with E-state index in [1.165, 1.54) is 37.3 Å². The Morgan fingerprint density at radius 3 is 2.24 bits per heavy atom. The van der Waals surface area contributed by atoms with Crippen molar-refractivity contribution in [3.8, 4) is 11.5 Å². The molecule has 3 aromatic carbocycles. The van der Waals surface area contributed by atoms with E-state index >= 15 is 0 Å². The van der Waals surface area contributed by atoms with E-state index in [0.29, 0.717) is 47.6 Å². The summed E-state index contributed by atoms with van der Waals surface area (Å²) in [5.41, 5.74) is 6.04. The third-order valence-electron chi connectivity index (χ3n) is 13.9. The number of rotatable bonds is 17. The number of imide groups is 1. The maximum absolute atomic E-state index is 12.5. The number of carbonyl (C=O) groups excluding carboxylic acids is 2. The number of aryl methyl sites for hydroxylation is 1. The molecule has 68 heavy (non-hydrogen) atoms. The molecule has 4 aromatic rings. The zero-order chi connectivity index (χ0) is 48.0. The topological polar surface area (TPSA) is 174 Å². The Balaban J connectivity index is 0.785. The van der Waals surface area contributed by atoms with Gasteiger partial charge < -0.3 is 34.6 Å². The van der Waals surface area contributed by atoms with E-state index in [-0.39, 0.29) is 34.8 Å². The molecular weight excluding hydrogens is 908 g/mol. The number of methoxy groups -OCH3 is 2. The third kappa shape index (κ3) is 11.7. The molecule has 17 nitrogen and oxygen atoms in total. The maximum Gasteiger partial charge on any atom is 0.234 e. The van der Waals surface area contributed by atoms with Crippen molar-refractivity contribution in [3.63, 3.8) is 0 Å². The summed E-state index contributed by atoms with van der Waals surface area (Å²) in [6.07, 6.45) is 8.87. The van der Waals surface area contributed by atoms with E-state index in [9.17, 15) is 18.0 Å². The van der Waals surface area contributed by atoms with Crippen LogP contribution in [-0.4, -0.2) is 145 Å². The molecule has 1 atom stereocenters. The summed E-state index contributed by atoms with van der Waals surface area (Å²) in [7, 11) is 1.07. The summed E-state index contributed by atoms with van der Waals surface area (Å²) < 4.78 is 43.8. The molecule has 4 saturated heterocycles. The minimum atomic E-state index is -3.58. The van der Waals surface area contributed by atoms with E-state index in [4.69, 9.17) is 25.8 Å². The maximum atomic E-state index is 12.5. The van der Waals surface area contributed by atoms with Gasteiger partial charge >= 0.3 is 0 Å². The molecular formula is C49H65ClN10O7S. The van der Waals surface area contributed by atoms with Crippen molar-refractivity contribution in [3.05, 3.63) is 76.9 Å². The Labute approximate surface area is 405 Å². The van der Waals surface area contributed by atoms with Gasteiger partial charge in [-0.15, -0.1) is 0 Å². The monoisotopic (exact) mass is 972 g/mol. The average molecular weight is 974 g/mol. The Hall–Kier alpha value is -5.40. The number of carbonyl (C=O) groups is 2. The summed E-state index contributed by atoms with van der Waals surface area (Å²) in [5, 5.41) is 9.25. The van der Waals surface area contributed by atoms with Crippen molar-refractivity contribution < 1.29 is 32.2 Å². The van der Waals surface area contributed by atoms with Crippen molar-refractivity contribution in [2.24, 2.45) is 0 Å². The number of piperazine rings is 1. The molecule has 4 aliphatic heterocycles. The van der Waals surface area contributed by atoms with Crippen LogP contribution in [0.5, 0.6) is 11.5 Å². The molecule has 366 valence electrons. The molecule has 0 saturated carbocycles. The summed E-state index contributed by atoms with van der Waals surface area (Å²) in [5.74, 6) is 1.11. The third-order valence-corrected chi connectivity index (χ3v) is 15.4. The molecule has 4 aliphatic rings. The molecule has 4 fully saturated rings. The van der Waals surface area contributed by atoms with Crippen LogP contribution in [0.25, 0.3) is 0 Å². The van der Waals surface area contributed by atoms with Crippen molar-refractivity contribution in [1.29, 1.82) is 0 Å². The van der Waals surface area contributed by atoms with Gasteiger partial charge in [-0.3, -0.25) is 29.0 Å². The van der Waals surface area contributed by atoms with Gasteiger partial charge in [0.15, 0.2) is 5.82 Å². The van der Waals surface area contributed by atoms with E-state index < -0.39 is 10.0 Å². The number of benzene rings is 3. The minimum Gasteiger partial charge on any atom is -0.497 e. The van der Waals surface area contributed by atoms with Gasteiger partial charge in [0, 0.05) is 102 Å². The van der Waals surface area contributed by atoms with E-state index in [0.717, 1.165) is 119 Å². The molecule has 8 rings (SSSR count). The molecule has 0 spiro atoms. The molecule has 0 aliphatic carbocycles. The van der Waals surface area contributed by atoms with E-state index in [1.54, 1.807) is 25.3 Å². The van der Waals surface area contributed by atoms with E-state index in [1.807, 2.05) is 12.1 Å². The molecule has 19 heteroatoms. The van der Waals surface area contributed by atoms with Gasteiger partial charge in [-0.2, -0.15) is 4.98 Å². The highest BCUT2D eigenvalue weighted by Crippen LogP contribution is 2.39. The van der Waals surface area contributed by atoms with Crippen LogP contribution in [0.2, 0.25) is 5.02 Å². The van der Waals surface area contributed by atoms with Gasteiger partial charge in [0.25, 0.3) is 0 Å². The van der Waals surface area contributed by atoms with E-state index in [2.05, 4.69) is 76.7 Å². The lowest BCUT2D eigenvalue weighted by atomic mass is 9.90. The first-order chi connectivity index (χ1) is 32.8. The van der Waals surface area contributed by atoms with Crippen LogP contribution in [0.15, 0.2) is 60.8 Å². The van der Waals surface area contributed by atoms with Gasteiger partial charge in [-0.25, -0.2) is 13.4 Å². The highest BCUT2D eigenvalue weighted by molar-refractivity contribution is 7.92. The number of nitrogens with zero attached hydrogens (tertiary/aromatic N) is 7. The number of halogens is 1. The van der Waals surface area contributed by atoms with Crippen LogP contribution in [0.4, 0.5) is 40.2 Å². The van der Waals surface area contributed by atoms with Crippen molar-refractivity contribution in [2.45, 2.75) is 69.9 Å². The van der Waals surface area contributed by atoms with Crippen LogP contribution in [0, 0.1) is 0 Å². The van der Waals surface area contributed by atoms with Crippen LogP contribution in [0.1, 0.15) is 62.5 Å². The second-order valence-corrected chi connectivity index (χ2v) is 20.5. The molecule has 3 N–H and O–H groups in total. The second-order valence-electron chi connectivity index (χ2n) is 18.0. The van der Waals surface area contributed by atoms with Crippen LogP contribution >= 0.6 is 11.6 Å². The number of ether oxygens (including phenoxy) is 3. The van der Waals surface area contributed by atoms with Gasteiger partial charge in [0.1, 0.15) is 16.5 Å². The quantitative estimate of drug-likeness (QED) is 0.0994. The smallest absolute Gasteiger partial charge is 0.234 e. The number of anilines is 7. The van der Waals surface area contributed by atoms with Crippen LogP contribution in [0.3, 0.4) is 0 Å². The lowest BCUT2D eigenvalue weighted by Gasteiger charge is -2.43. The standard InChI is InChI=1S/C49H65ClN10O7S/c1-6-33-29-42(53-49-51-32-40(50)47(55-49)52-41-13-11-38(65-3)30-44(41)56(2)68(5,63)64)45(66-4)31-43(33)60-19-15-36(16-20-60)59-25-23-57(24-26-59)27-28-67-37-17-21-58(22-18-37)35-9-7-34(8-10-35)39-12-14-46(61)54-48(39)62/h7-11,13,29-32,36-37,39H,6,12,14-28H2,1-5H3,(H,54,61,62)(H2,51,52,53,55). The molecule has 0 bridgehead atoms. The lowest BCUT2D eigenvalue weighted by Crippen LogP contribution is -2.53. The highest BCUT2D eigenvalue weighted by Gasteiger charge is 2.31. The summed E-state index contributed by atoms with van der Waals surface area (Å²) in [4.78, 5) is 43.1. The lowest BCUT2D eigenvalue weighted by molar-refractivity contribution is -0.134.